The lowest BCUT2D eigenvalue weighted by Crippen LogP contribution is -2.23. The summed E-state index contributed by atoms with van der Waals surface area (Å²) in [5.41, 5.74) is 2.44. The zero-order valence-electron chi connectivity index (χ0n) is 13.4. The Hall–Kier alpha value is -3.54. The van der Waals surface area contributed by atoms with E-state index in [1.54, 1.807) is 29.9 Å². The third-order valence-corrected chi connectivity index (χ3v) is 3.97. The quantitative estimate of drug-likeness (QED) is 0.575. The lowest BCUT2D eigenvalue weighted by atomic mass is 10.1. The molecule has 0 aliphatic heterocycles. The predicted molar refractivity (Wildman–Crippen MR) is 91.2 cm³/mol. The lowest BCUT2D eigenvalue weighted by Gasteiger charge is -2.09. The molecule has 6 heteroatoms. The van der Waals surface area contributed by atoms with Crippen LogP contribution in [0.1, 0.15) is 16.1 Å². The molecule has 3 heterocycles. The molecule has 0 aliphatic rings. The van der Waals surface area contributed by atoms with Crippen molar-refractivity contribution < 1.29 is 9.90 Å². The van der Waals surface area contributed by atoms with Gasteiger partial charge in [-0.2, -0.15) is 9.78 Å². The van der Waals surface area contributed by atoms with Crippen molar-refractivity contribution in [3.8, 4) is 17.1 Å². The predicted octanol–water partition coefficient (Wildman–Crippen LogP) is 2.15. The highest BCUT2D eigenvalue weighted by Gasteiger charge is 2.17. The van der Waals surface area contributed by atoms with Crippen molar-refractivity contribution in [2.24, 2.45) is 0 Å². The first-order chi connectivity index (χ1) is 12.1. The van der Waals surface area contributed by atoms with Crippen LogP contribution in [0.3, 0.4) is 0 Å². The van der Waals surface area contributed by atoms with Crippen LogP contribution in [-0.4, -0.2) is 25.7 Å². The van der Waals surface area contributed by atoms with E-state index in [0.717, 1.165) is 5.56 Å². The highest BCUT2D eigenvalue weighted by Crippen LogP contribution is 2.28. The molecule has 0 radical (unpaired) electrons. The van der Waals surface area contributed by atoms with Crippen LogP contribution >= 0.6 is 0 Å². The van der Waals surface area contributed by atoms with Gasteiger partial charge in [0.15, 0.2) is 11.5 Å². The molecule has 0 aliphatic carbocycles. The Morgan fingerprint density at radius 3 is 2.52 bits per heavy atom. The topological polar surface area (TPSA) is 83.7 Å². The first kappa shape index (κ1) is 15.0. The van der Waals surface area contributed by atoms with Crippen molar-refractivity contribution in [2.45, 2.75) is 6.92 Å². The second kappa shape index (κ2) is 5.83. The van der Waals surface area contributed by atoms with Gasteiger partial charge in [0.05, 0.1) is 22.7 Å². The van der Waals surface area contributed by atoms with Crippen molar-refractivity contribution >= 4 is 17.0 Å². The third kappa shape index (κ3) is 2.53. The molecular weight excluding hydrogens is 316 g/mol. The molecule has 4 rings (SSSR count). The first-order valence-corrected chi connectivity index (χ1v) is 7.73. The van der Waals surface area contributed by atoms with Crippen molar-refractivity contribution in [1.82, 2.24) is 19.7 Å². The van der Waals surface area contributed by atoms with E-state index in [4.69, 9.17) is 0 Å². The summed E-state index contributed by atoms with van der Waals surface area (Å²) < 4.78 is 1.56. The normalized spacial score (nSPS) is 10.9. The number of aromatic nitrogens is 4. The van der Waals surface area contributed by atoms with Gasteiger partial charge in [-0.25, -0.2) is 9.97 Å². The summed E-state index contributed by atoms with van der Waals surface area (Å²) in [5, 5.41) is 16.6. The van der Waals surface area contributed by atoms with Gasteiger partial charge in [-0.3, -0.25) is 0 Å². The fourth-order valence-corrected chi connectivity index (χ4v) is 2.85. The van der Waals surface area contributed by atoms with Gasteiger partial charge in [0.1, 0.15) is 0 Å². The molecule has 4 aromatic rings. The van der Waals surface area contributed by atoms with Crippen LogP contribution in [0.25, 0.3) is 28.1 Å². The molecule has 6 nitrogen and oxygen atoms in total. The summed E-state index contributed by atoms with van der Waals surface area (Å²) in [4.78, 5) is 20.6. The molecule has 122 valence electrons. The number of fused-ring (bicyclic) bond motifs is 1. The van der Waals surface area contributed by atoms with Crippen LogP contribution in [0.2, 0.25) is 0 Å². The molecule has 0 amide bonds. The zero-order chi connectivity index (χ0) is 17.4. The summed E-state index contributed by atoms with van der Waals surface area (Å²) in [6.45, 7) is 1.75. The van der Waals surface area contributed by atoms with Crippen LogP contribution in [0, 0.1) is 6.92 Å². The molecule has 0 fully saturated rings. The molecule has 0 unspecified atom stereocenters. The standard InChI is InChI=1S/C19H14N4O2/c1-12-17-14(19(24)25)11-15(13-7-3-2-4-8-13)21-18(17)23(22-12)16-9-5-6-10-20-16/h2-11H,1H3,(H,24,25)/p-1. The molecule has 0 atom stereocenters. The molecule has 25 heavy (non-hydrogen) atoms. The van der Waals surface area contributed by atoms with E-state index in [1.165, 1.54) is 6.07 Å². The number of nitrogens with zero attached hydrogens (tertiary/aromatic N) is 4. The third-order valence-electron chi connectivity index (χ3n) is 3.97. The highest BCUT2D eigenvalue weighted by atomic mass is 16.4. The molecule has 0 bridgehead atoms. The maximum absolute atomic E-state index is 11.7. The van der Waals surface area contributed by atoms with Gasteiger partial charge in [0.2, 0.25) is 0 Å². The van der Waals surface area contributed by atoms with E-state index < -0.39 is 5.97 Å². The summed E-state index contributed by atoms with van der Waals surface area (Å²) >= 11 is 0. The molecule has 3 aromatic heterocycles. The molecule has 0 saturated heterocycles. The van der Waals surface area contributed by atoms with Crippen LogP contribution in [0.5, 0.6) is 0 Å². The maximum Gasteiger partial charge on any atom is 0.166 e. The minimum atomic E-state index is -1.26. The molecule has 1 aromatic carbocycles. The lowest BCUT2D eigenvalue weighted by molar-refractivity contribution is -0.254. The van der Waals surface area contributed by atoms with Gasteiger partial charge in [-0.1, -0.05) is 36.4 Å². The zero-order valence-corrected chi connectivity index (χ0v) is 13.4. The summed E-state index contributed by atoms with van der Waals surface area (Å²) in [6.07, 6.45) is 1.65. The van der Waals surface area contributed by atoms with Crippen molar-refractivity contribution in [1.29, 1.82) is 0 Å². The fraction of sp³-hybridized carbons (Fsp3) is 0.0526. The number of carbonyl (C=O) groups excluding carboxylic acids is 1. The number of aromatic carboxylic acids is 1. The number of carboxylic acid groups (broad SMARTS) is 1. The van der Waals surface area contributed by atoms with Crippen LogP contribution in [0.4, 0.5) is 0 Å². The Bertz CT molecular complexity index is 1070. The number of hydrogen-bond donors (Lipinski definition) is 0. The minimum absolute atomic E-state index is 0.0727. The van der Waals surface area contributed by atoms with Gasteiger partial charge < -0.3 is 9.90 Å². The monoisotopic (exact) mass is 329 g/mol. The smallest absolute Gasteiger partial charge is 0.166 e. The van der Waals surface area contributed by atoms with E-state index in [1.807, 2.05) is 36.4 Å². The fourth-order valence-electron chi connectivity index (χ4n) is 2.85. The van der Waals surface area contributed by atoms with E-state index >= 15 is 0 Å². The van der Waals surface area contributed by atoms with E-state index in [0.29, 0.717) is 28.2 Å². The van der Waals surface area contributed by atoms with Gasteiger partial charge in [-0.05, 0) is 25.1 Å². The Labute approximate surface area is 143 Å². The Morgan fingerprint density at radius 2 is 1.84 bits per heavy atom. The highest BCUT2D eigenvalue weighted by molar-refractivity contribution is 6.03. The minimum Gasteiger partial charge on any atom is -0.545 e. The Balaban J connectivity index is 2.07. The Morgan fingerprint density at radius 1 is 1.08 bits per heavy atom. The van der Waals surface area contributed by atoms with Crippen LogP contribution in [0.15, 0.2) is 60.8 Å². The summed E-state index contributed by atoms with van der Waals surface area (Å²) in [5.74, 6) is -0.684. The Kier molecular flexibility index (Phi) is 3.50. The van der Waals surface area contributed by atoms with E-state index in [9.17, 15) is 9.90 Å². The van der Waals surface area contributed by atoms with Gasteiger partial charge in [0.25, 0.3) is 0 Å². The van der Waals surface area contributed by atoms with Crippen molar-refractivity contribution in [2.75, 3.05) is 0 Å². The SMILES string of the molecule is Cc1nn(-c2ccccn2)c2nc(-c3ccccc3)cc(C(=O)[O-])c12. The summed E-state index contributed by atoms with van der Waals surface area (Å²) in [6, 6.07) is 16.4. The average molecular weight is 329 g/mol. The van der Waals surface area contributed by atoms with Gasteiger partial charge in [0, 0.05) is 17.3 Å². The van der Waals surface area contributed by atoms with E-state index in [-0.39, 0.29) is 5.56 Å². The molecule has 0 N–H and O–H groups in total. The number of pyridine rings is 2. The van der Waals surface area contributed by atoms with Crippen LogP contribution < -0.4 is 5.11 Å². The van der Waals surface area contributed by atoms with Gasteiger partial charge in [-0.15, -0.1) is 0 Å². The van der Waals surface area contributed by atoms with Gasteiger partial charge >= 0.3 is 0 Å². The second-order valence-corrected chi connectivity index (χ2v) is 5.59. The molecular formula is C19H13N4O2-. The molecule has 0 saturated carbocycles. The number of benzene rings is 1. The number of aryl methyl sites for hydroxylation is 1. The van der Waals surface area contributed by atoms with Crippen molar-refractivity contribution in [3.05, 3.63) is 72.1 Å². The molecule has 0 spiro atoms. The van der Waals surface area contributed by atoms with Crippen molar-refractivity contribution in [3.63, 3.8) is 0 Å². The first-order valence-electron chi connectivity index (χ1n) is 7.73. The number of carboxylic acids is 1. The maximum atomic E-state index is 11.7. The number of rotatable bonds is 3. The van der Waals surface area contributed by atoms with E-state index in [2.05, 4.69) is 15.1 Å². The van der Waals surface area contributed by atoms with Crippen LogP contribution in [-0.2, 0) is 0 Å². The number of carbonyl (C=O) groups is 1. The number of hydrogen-bond acceptors (Lipinski definition) is 5. The largest absolute Gasteiger partial charge is 0.545 e. The second-order valence-electron chi connectivity index (χ2n) is 5.59. The summed E-state index contributed by atoms with van der Waals surface area (Å²) in [7, 11) is 0. The average Bonchev–Trinajstić information content (AvgIpc) is 2.99.